The summed E-state index contributed by atoms with van der Waals surface area (Å²) in [7, 11) is 0. The zero-order chi connectivity index (χ0) is 10.2. The molecule has 0 fully saturated rings. The van der Waals surface area contributed by atoms with Gasteiger partial charge in [0.05, 0.1) is 5.56 Å². The second-order valence-electron chi connectivity index (χ2n) is 2.25. The predicted octanol–water partition coefficient (Wildman–Crippen LogP) is 0.538. The van der Waals surface area contributed by atoms with Gasteiger partial charge in [-0.05, 0) is 12.1 Å². The summed E-state index contributed by atoms with van der Waals surface area (Å²) in [6, 6.07) is 8.30. The topological polar surface area (TPSA) is 76.2 Å². The summed E-state index contributed by atoms with van der Waals surface area (Å²) < 4.78 is 4.22. The second-order valence-corrected chi connectivity index (χ2v) is 2.25. The van der Waals surface area contributed by atoms with Gasteiger partial charge in [0.1, 0.15) is 0 Å². The van der Waals surface area contributed by atoms with Gasteiger partial charge in [-0.1, -0.05) is 23.4 Å². The minimum atomic E-state index is -0.879. The van der Waals surface area contributed by atoms with E-state index < -0.39 is 5.97 Å². The summed E-state index contributed by atoms with van der Waals surface area (Å²) in [5.41, 5.74) is 0.331. The molecule has 15 heavy (non-hydrogen) atoms. The molecule has 1 N–H and O–H groups in total. The number of carboxylic acids is 1. The predicted molar refractivity (Wildman–Crippen MR) is 56.2 cm³/mol. The van der Waals surface area contributed by atoms with Crippen molar-refractivity contribution in [2.75, 3.05) is 0 Å². The zero-order valence-corrected chi connectivity index (χ0v) is 13.4. The molecule has 0 bridgehead atoms. The number of benzene rings is 1. The van der Waals surface area contributed by atoms with E-state index in [1.165, 1.54) is 12.7 Å². The third-order valence-corrected chi connectivity index (χ3v) is 1.30. The molecule has 0 aliphatic carbocycles. The van der Waals surface area contributed by atoms with E-state index in [0.717, 1.165) is 0 Å². The molecule has 0 spiro atoms. The van der Waals surface area contributed by atoms with Gasteiger partial charge in [0.25, 0.3) is 0 Å². The molecule has 1 aromatic heterocycles. The molecular formula is C9H10N2O3Pb. The van der Waals surface area contributed by atoms with Crippen LogP contribution in [0.1, 0.15) is 10.4 Å². The first kappa shape index (κ1) is 13.8. The first-order valence-electron chi connectivity index (χ1n) is 3.78. The van der Waals surface area contributed by atoms with Crippen LogP contribution in [0.5, 0.6) is 0 Å². The van der Waals surface area contributed by atoms with Crippen molar-refractivity contribution in [3.8, 4) is 0 Å². The van der Waals surface area contributed by atoms with Crippen molar-refractivity contribution in [2.24, 2.45) is 0 Å². The van der Waals surface area contributed by atoms with Crippen LogP contribution < -0.4 is 0 Å². The Morgan fingerprint density at radius 3 is 2.20 bits per heavy atom. The smallest absolute Gasteiger partial charge is 0.213 e. The second kappa shape index (κ2) is 8.09. The molecule has 1 heterocycles. The molecule has 0 aliphatic rings. The monoisotopic (exact) mass is 402 g/mol. The molecule has 0 amide bonds. The van der Waals surface area contributed by atoms with Crippen LogP contribution in [0.3, 0.4) is 0 Å². The van der Waals surface area contributed by atoms with Crippen LogP contribution in [-0.2, 0) is 0 Å². The van der Waals surface area contributed by atoms with Crippen molar-refractivity contribution in [1.29, 1.82) is 0 Å². The summed E-state index contributed by atoms with van der Waals surface area (Å²) in [6.07, 6.45) is 2.60. The standard InChI is InChI=1S/C7H6O2.C2H2N2O.Pb.2H/c8-7(9)6-4-2-1-3-5-6;1-3-2-5-4-1;;;/h1-5H,(H,8,9);1-2H;;;. The van der Waals surface area contributed by atoms with E-state index in [9.17, 15) is 4.79 Å². The number of carbonyl (C=O) groups is 1. The zero-order valence-electron chi connectivity index (χ0n) is 7.91. The fraction of sp³-hybridized carbons (Fsp3) is 0. The number of aromatic nitrogens is 2. The third kappa shape index (κ3) is 5.94. The van der Waals surface area contributed by atoms with Crippen LogP contribution in [0.25, 0.3) is 0 Å². The van der Waals surface area contributed by atoms with E-state index >= 15 is 0 Å². The largest absolute Gasteiger partial charge is 0.343 e. The molecular weight excluding hydrogens is 391 g/mol. The molecule has 2 radical (unpaired) electrons. The van der Waals surface area contributed by atoms with E-state index in [-0.39, 0.29) is 27.3 Å². The molecule has 0 aliphatic heterocycles. The molecule has 1 aromatic carbocycles. The van der Waals surface area contributed by atoms with Crippen molar-refractivity contribution < 1.29 is 14.4 Å². The minimum absolute atomic E-state index is 0. The van der Waals surface area contributed by atoms with Gasteiger partial charge >= 0.3 is 33.3 Å². The van der Waals surface area contributed by atoms with Crippen molar-refractivity contribution in [1.82, 2.24) is 10.1 Å². The Morgan fingerprint density at radius 2 is 1.93 bits per heavy atom. The fourth-order valence-corrected chi connectivity index (χ4v) is 0.717. The van der Waals surface area contributed by atoms with Crippen LogP contribution in [0.2, 0.25) is 0 Å². The van der Waals surface area contributed by atoms with Crippen LogP contribution in [0, 0.1) is 0 Å². The summed E-state index contributed by atoms with van der Waals surface area (Å²) in [5, 5.41) is 11.6. The first-order valence-corrected chi connectivity index (χ1v) is 3.78. The molecule has 5 nitrogen and oxygen atoms in total. The van der Waals surface area contributed by atoms with Gasteiger partial charge in [-0.2, -0.15) is 0 Å². The molecule has 0 saturated heterocycles. The Labute approximate surface area is 106 Å². The maximum Gasteiger partial charge on any atom is 0.213 e. The average Bonchev–Trinajstić information content (AvgIpc) is 2.77. The van der Waals surface area contributed by atoms with E-state index in [2.05, 4.69) is 14.7 Å². The van der Waals surface area contributed by atoms with Gasteiger partial charge in [-0.15, -0.1) is 0 Å². The summed E-state index contributed by atoms with van der Waals surface area (Å²) >= 11 is 0. The number of rotatable bonds is 1. The Bertz CT molecular complexity index is 347. The Hall–Kier alpha value is -1.25. The number of carboxylic acid groups (broad SMARTS) is 1. The van der Waals surface area contributed by atoms with Crippen molar-refractivity contribution >= 4 is 33.3 Å². The Balaban J connectivity index is 0.000000280. The first-order chi connectivity index (χ1) is 6.80. The maximum atomic E-state index is 10.2. The summed E-state index contributed by atoms with van der Waals surface area (Å²) in [6.45, 7) is 0. The number of aromatic carboxylic acids is 1. The van der Waals surface area contributed by atoms with Gasteiger partial charge in [-0.3, -0.25) is 0 Å². The van der Waals surface area contributed by atoms with Gasteiger partial charge < -0.3 is 9.63 Å². The molecule has 0 unspecified atom stereocenters. The summed E-state index contributed by atoms with van der Waals surface area (Å²) in [5.74, 6) is -0.879. The molecule has 0 atom stereocenters. The Kier molecular flexibility index (Phi) is 7.42. The van der Waals surface area contributed by atoms with E-state index in [1.54, 1.807) is 30.3 Å². The minimum Gasteiger partial charge on any atom is -0.343 e. The SMILES string of the molecule is O=C(O)c1ccccc1.[PbH2].c1ncon1. The van der Waals surface area contributed by atoms with Crippen molar-refractivity contribution in [3.63, 3.8) is 0 Å². The van der Waals surface area contributed by atoms with E-state index in [4.69, 9.17) is 5.11 Å². The van der Waals surface area contributed by atoms with Gasteiger partial charge in [0.15, 0.2) is 6.33 Å². The Morgan fingerprint density at radius 1 is 1.27 bits per heavy atom. The number of hydrogen-bond donors (Lipinski definition) is 1. The fourth-order valence-electron chi connectivity index (χ4n) is 0.717. The van der Waals surface area contributed by atoms with Crippen molar-refractivity contribution in [3.05, 3.63) is 48.6 Å². The van der Waals surface area contributed by atoms with E-state index in [0.29, 0.717) is 5.56 Å². The van der Waals surface area contributed by atoms with Crippen LogP contribution >= 0.6 is 0 Å². The molecule has 6 heteroatoms. The quantitative estimate of drug-likeness (QED) is 0.706. The van der Waals surface area contributed by atoms with Crippen LogP contribution in [-0.4, -0.2) is 48.5 Å². The summed E-state index contributed by atoms with van der Waals surface area (Å²) in [4.78, 5) is 13.6. The maximum absolute atomic E-state index is 10.2. The molecule has 2 rings (SSSR count). The van der Waals surface area contributed by atoms with Gasteiger partial charge in [0, 0.05) is 0 Å². The molecule has 2 aromatic rings. The normalized spacial score (nSPS) is 8.00. The van der Waals surface area contributed by atoms with Gasteiger partial charge in [0.2, 0.25) is 6.39 Å². The molecule has 78 valence electrons. The van der Waals surface area contributed by atoms with Crippen molar-refractivity contribution in [2.45, 2.75) is 0 Å². The molecule has 0 saturated carbocycles. The third-order valence-electron chi connectivity index (χ3n) is 1.30. The van der Waals surface area contributed by atoms with Gasteiger partial charge in [-0.25, -0.2) is 9.78 Å². The van der Waals surface area contributed by atoms with Crippen LogP contribution in [0.4, 0.5) is 0 Å². The average molecular weight is 401 g/mol. The number of nitrogens with zero attached hydrogens (tertiary/aromatic N) is 2. The van der Waals surface area contributed by atoms with E-state index in [1.807, 2.05) is 0 Å². The van der Waals surface area contributed by atoms with Crippen LogP contribution in [0.15, 0.2) is 47.6 Å². The number of hydrogen-bond acceptors (Lipinski definition) is 4.